The number of hydrogen-bond acceptors (Lipinski definition) is 4. The molecule has 0 atom stereocenters. The van der Waals surface area contributed by atoms with Crippen molar-refractivity contribution in [2.24, 2.45) is 0 Å². The normalized spacial score (nSPS) is 10.7. The summed E-state index contributed by atoms with van der Waals surface area (Å²) in [6.07, 6.45) is 1.54. The lowest BCUT2D eigenvalue weighted by molar-refractivity contribution is 0.627. The van der Waals surface area contributed by atoms with Gasteiger partial charge in [-0.3, -0.25) is 0 Å². The van der Waals surface area contributed by atoms with Gasteiger partial charge in [0.1, 0.15) is 18.0 Å². The number of nitrogens with one attached hydrogen (secondary N) is 1. The van der Waals surface area contributed by atoms with E-state index in [1.165, 1.54) is 12.1 Å². The molecular weight excluding hydrogens is 249 g/mol. The molecule has 0 unspecified atom stereocenters. The summed E-state index contributed by atoms with van der Waals surface area (Å²) in [4.78, 5) is 8.40. The molecule has 1 N–H and O–H groups in total. The Labute approximate surface area is 107 Å². The second-order valence-corrected chi connectivity index (χ2v) is 4.75. The first-order valence-electron chi connectivity index (χ1n) is 5.49. The van der Waals surface area contributed by atoms with Gasteiger partial charge in [0.25, 0.3) is 0 Å². The van der Waals surface area contributed by atoms with E-state index in [-0.39, 0.29) is 5.82 Å². The van der Waals surface area contributed by atoms with Crippen molar-refractivity contribution in [1.29, 1.82) is 0 Å². The van der Waals surface area contributed by atoms with Gasteiger partial charge in [-0.05, 0) is 29.1 Å². The highest BCUT2D eigenvalue weighted by Crippen LogP contribution is 2.25. The molecule has 0 radical (unpaired) electrons. The summed E-state index contributed by atoms with van der Waals surface area (Å²) in [5.74, 6) is 0.598. The van der Waals surface area contributed by atoms with Crippen molar-refractivity contribution in [2.45, 2.75) is 6.54 Å². The SMILES string of the molecule is Fc1ccc(CNc2ncnc3ccsc23)cc1. The quantitative estimate of drug-likeness (QED) is 0.783. The predicted molar refractivity (Wildman–Crippen MR) is 71.1 cm³/mol. The summed E-state index contributed by atoms with van der Waals surface area (Å²) < 4.78 is 13.8. The Balaban J connectivity index is 1.80. The van der Waals surface area contributed by atoms with E-state index >= 15 is 0 Å². The topological polar surface area (TPSA) is 37.8 Å². The van der Waals surface area contributed by atoms with Gasteiger partial charge in [-0.25, -0.2) is 14.4 Å². The molecule has 0 spiro atoms. The Bertz CT molecular complexity index is 663. The summed E-state index contributed by atoms with van der Waals surface area (Å²) in [5.41, 5.74) is 1.95. The highest BCUT2D eigenvalue weighted by molar-refractivity contribution is 7.17. The number of fused-ring (bicyclic) bond motifs is 1. The summed E-state index contributed by atoms with van der Waals surface area (Å²) in [6.45, 7) is 0.615. The van der Waals surface area contributed by atoms with E-state index in [2.05, 4.69) is 15.3 Å². The number of thiophene rings is 1. The number of aromatic nitrogens is 2. The average molecular weight is 259 g/mol. The minimum absolute atomic E-state index is 0.221. The zero-order valence-electron chi connectivity index (χ0n) is 9.43. The third-order valence-electron chi connectivity index (χ3n) is 2.62. The largest absolute Gasteiger partial charge is 0.365 e. The fourth-order valence-corrected chi connectivity index (χ4v) is 2.51. The molecule has 3 nitrogen and oxygen atoms in total. The number of halogens is 1. The fourth-order valence-electron chi connectivity index (χ4n) is 1.70. The minimum Gasteiger partial charge on any atom is -0.365 e. The van der Waals surface area contributed by atoms with Crippen LogP contribution < -0.4 is 5.32 Å². The molecule has 0 aliphatic rings. The second-order valence-electron chi connectivity index (χ2n) is 3.84. The molecule has 0 aliphatic heterocycles. The maximum atomic E-state index is 12.8. The van der Waals surface area contributed by atoms with Crippen LogP contribution >= 0.6 is 11.3 Å². The minimum atomic E-state index is -0.221. The van der Waals surface area contributed by atoms with E-state index in [9.17, 15) is 4.39 Å². The van der Waals surface area contributed by atoms with E-state index in [4.69, 9.17) is 0 Å². The van der Waals surface area contributed by atoms with Gasteiger partial charge < -0.3 is 5.32 Å². The van der Waals surface area contributed by atoms with Gasteiger partial charge in [0.05, 0.1) is 10.2 Å². The second kappa shape index (κ2) is 4.70. The Morgan fingerprint density at radius 1 is 1.11 bits per heavy atom. The Morgan fingerprint density at radius 3 is 2.78 bits per heavy atom. The molecular formula is C13H10FN3S. The van der Waals surface area contributed by atoms with Crippen molar-refractivity contribution in [2.75, 3.05) is 5.32 Å². The first-order valence-corrected chi connectivity index (χ1v) is 6.37. The first kappa shape index (κ1) is 11.1. The van der Waals surface area contributed by atoms with Crippen LogP contribution in [0.5, 0.6) is 0 Å². The van der Waals surface area contributed by atoms with E-state index in [0.29, 0.717) is 6.54 Å². The van der Waals surface area contributed by atoms with Crippen molar-refractivity contribution in [3.05, 3.63) is 53.4 Å². The molecule has 0 fully saturated rings. The van der Waals surface area contributed by atoms with Crippen LogP contribution in [0.4, 0.5) is 10.2 Å². The highest BCUT2D eigenvalue weighted by atomic mass is 32.1. The van der Waals surface area contributed by atoms with Crippen molar-refractivity contribution < 1.29 is 4.39 Å². The molecule has 0 amide bonds. The molecule has 3 aromatic rings. The molecule has 2 aromatic heterocycles. The number of nitrogens with zero attached hydrogens (tertiary/aromatic N) is 2. The molecule has 90 valence electrons. The van der Waals surface area contributed by atoms with E-state index < -0.39 is 0 Å². The first-order chi connectivity index (χ1) is 8.83. The van der Waals surface area contributed by atoms with Crippen molar-refractivity contribution in [3.63, 3.8) is 0 Å². The maximum Gasteiger partial charge on any atom is 0.147 e. The standard InChI is InChI=1S/C13H10FN3S/c14-10-3-1-9(2-4-10)7-15-13-12-11(5-6-18-12)16-8-17-13/h1-6,8H,7H2,(H,15,16,17). The van der Waals surface area contributed by atoms with Crippen LogP contribution in [0, 0.1) is 5.82 Å². The molecule has 0 bridgehead atoms. The van der Waals surface area contributed by atoms with Crippen LogP contribution in [0.2, 0.25) is 0 Å². The molecule has 3 rings (SSSR count). The van der Waals surface area contributed by atoms with Gasteiger partial charge in [0, 0.05) is 6.54 Å². The van der Waals surface area contributed by atoms with Gasteiger partial charge in [0.15, 0.2) is 0 Å². The summed E-state index contributed by atoms with van der Waals surface area (Å²) in [7, 11) is 0. The van der Waals surface area contributed by atoms with Crippen molar-refractivity contribution >= 4 is 27.4 Å². The van der Waals surface area contributed by atoms with Gasteiger partial charge in [-0.2, -0.15) is 0 Å². The summed E-state index contributed by atoms with van der Waals surface area (Å²) in [5, 5.41) is 5.23. The lowest BCUT2D eigenvalue weighted by Gasteiger charge is -2.06. The molecule has 0 saturated heterocycles. The van der Waals surface area contributed by atoms with Crippen LogP contribution in [-0.4, -0.2) is 9.97 Å². The van der Waals surface area contributed by atoms with Crippen LogP contribution in [0.25, 0.3) is 10.2 Å². The van der Waals surface area contributed by atoms with Gasteiger partial charge in [-0.1, -0.05) is 12.1 Å². The van der Waals surface area contributed by atoms with E-state index in [1.807, 2.05) is 11.4 Å². The summed E-state index contributed by atoms with van der Waals surface area (Å²) >= 11 is 1.60. The molecule has 18 heavy (non-hydrogen) atoms. The number of hydrogen-bond donors (Lipinski definition) is 1. The molecule has 0 aliphatic carbocycles. The molecule has 0 saturated carbocycles. The maximum absolute atomic E-state index is 12.8. The third kappa shape index (κ3) is 2.17. The Morgan fingerprint density at radius 2 is 1.94 bits per heavy atom. The average Bonchev–Trinajstić information content (AvgIpc) is 2.87. The van der Waals surface area contributed by atoms with E-state index in [0.717, 1.165) is 21.6 Å². The number of rotatable bonds is 3. The number of anilines is 1. The summed E-state index contributed by atoms with van der Waals surface area (Å²) in [6, 6.07) is 8.39. The lowest BCUT2D eigenvalue weighted by Crippen LogP contribution is -2.01. The Kier molecular flexibility index (Phi) is 2.90. The Hall–Kier alpha value is -2.01. The fraction of sp³-hybridized carbons (Fsp3) is 0.0769. The highest BCUT2D eigenvalue weighted by Gasteiger charge is 2.04. The monoisotopic (exact) mass is 259 g/mol. The van der Waals surface area contributed by atoms with Crippen molar-refractivity contribution in [3.8, 4) is 0 Å². The van der Waals surface area contributed by atoms with Crippen LogP contribution in [-0.2, 0) is 6.54 Å². The van der Waals surface area contributed by atoms with E-state index in [1.54, 1.807) is 29.8 Å². The zero-order valence-corrected chi connectivity index (χ0v) is 10.2. The van der Waals surface area contributed by atoms with Gasteiger partial charge >= 0.3 is 0 Å². The van der Waals surface area contributed by atoms with Crippen LogP contribution in [0.15, 0.2) is 42.0 Å². The van der Waals surface area contributed by atoms with Crippen LogP contribution in [0.3, 0.4) is 0 Å². The molecule has 2 heterocycles. The van der Waals surface area contributed by atoms with Gasteiger partial charge in [-0.15, -0.1) is 11.3 Å². The molecule has 5 heteroatoms. The van der Waals surface area contributed by atoms with Gasteiger partial charge in [0.2, 0.25) is 0 Å². The lowest BCUT2D eigenvalue weighted by atomic mass is 10.2. The molecule has 1 aromatic carbocycles. The van der Waals surface area contributed by atoms with Crippen molar-refractivity contribution in [1.82, 2.24) is 9.97 Å². The smallest absolute Gasteiger partial charge is 0.147 e. The third-order valence-corrected chi connectivity index (χ3v) is 3.53. The van der Waals surface area contributed by atoms with Crippen LogP contribution in [0.1, 0.15) is 5.56 Å². The predicted octanol–water partition coefficient (Wildman–Crippen LogP) is 3.44. The zero-order chi connectivity index (χ0) is 12.4. The number of benzene rings is 1.